The molecule has 7 nitrogen and oxygen atoms in total. The number of ether oxygens (including phenoxy) is 2. The fraction of sp³-hybridized carbons (Fsp3) is 0.588. The molecule has 1 aliphatic heterocycles. The van der Waals surface area contributed by atoms with Crippen molar-refractivity contribution >= 4 is 15.9 Å². The Morgan fingerprint density at radius 2 is 2.20 bits per heavy atom. The average molecular weight is 370 g/mol. The first-order valence-corrected chi connectivity index (χ1v) is 9.97. The molecule has 0 radical (unpaired) electrons. The summed E-state index contributed by atoms with van der Waals surface area (Å²) < 4.78 is 38.2. The van der Waals surface area contributed by atoms with Gasteiger partial charge in [-0.3, -0.25) is 4.79 Å². The molecule has 1 amide bonds. The molecule has 2 rings (SSSR count). The van der Waals surface area contributed by atoms with Gasteiger partial charge in [-0.1, -0.05) is 0 Å². The minimum Gasteiger partial charge on any atom is -0.494 e. The summed E-state index contributed by atoms with van der Waals surface area (Å²) in [5, 5.41) is 2.72. The summed E-state index contributed by atoms with van der Waals surface area (Å²) in [4.78, 5) is 12.2. The average Bonchev–Trinajstić information content (AvgIpc) is 3.07. The quantitative estimate of drug-likeness (QED) is 0.721. The van der Waals surface area contributed by atoms with E-state index >= 15 is 0 Å². The Bertz CT molecular complexity index is 699. The van der Waals surface area contributed by atoms with Gasteiger partial charge in [0.1, 0.15) is 5.75 Å². The first kappa shape index (κ1) is 19.7. The number of amides is 1. The van der Waals surface area contributed by atoms with Gasteiger partial charge in [0.25, 0.3) is 0 Å². The number of aryl methyl sites for hydroxylation is 1. The highest BCUT2D eigenvalue weighted by molar-refractivity contribution is 7.89. The third-order valence-electron chi connectivity index (χ3n) is 4.01. The second-order valence-electron chi connectivity index (χ2n) is 6.08. The Labute approximate surface area is 149 Å². The number of sulfonamides is 1. The lowest BCUT2D eigenvalue weighted by Gasteiger charge is -2.17. The molecular weight excluding hydrogens is 344 g/mol. The highest BCUT2D eigenvalue weighted by atomic mass is 32.2. The molecule has 1 aliphatic rings. The van der Waals surface area contributed by atoms with Crippen molar-refractivity contribution in [2.75, 3.05) is 19.8 Å². The minimum atomic E-state index is -3.79. The predicted molar refractivity (Wildman–Crippen MR) is 94.1 cm³/mol. The number of carbonyl (C=O) groups excluding carboxylic acids is 1. The number of hydrogen-bond donors (Lipinski definition) is 2. The molecule has 1 fully saturated rings. The molecule has 0 unspecified atom stereocenters. The second-order valence-corrected chi connectivity index (χ2v) is 7.80. The molecule has 2 N–H and O–H groups in total. The number of rotatable bonds is 8. The van der Waals surface area contributed by atoms with Crippen LogP contribution in [0.4, 0.5) is 0 Å². The van der Waals surface area contributed by atoms with E-state index in [-0.39, 0.29) is 16.9 Å². The van der Waals surface area contributed by atoms with Crippen LogP contribution in [0.5, 0.6) is 5.75 Å². The molecule has 25 heavy (non-hydrogen) atoms. The zero-order valence-electron chi connectivity index (χ0n) is 14.9. The number of benzene rings is 1. The maximum atomic E-state index is 12.5. The molecule has 0 spiro atoms. The van der Waals surface area contributed by atoms with Crippen LogP contribution in [0.2, 0.25) is 0 Å². The van der Waals surface area contributed by atoms with Crippen LogP contribution in [-0.2, 0) is 19.6 Å². The maximum Gasteiger partial charge on any atom is 0.241 e. The Morgan fingerprint density at radius 3 is 2.80 bits per heavy atom. The SMILES string of the molecule is CCOc1ccc(S(=O)(=O)N[C@@H](C)C(=O)NC[C@@H]2CCCO2)cc1C. The fourth-order valence-corrected chi connectivity index (χ4v) is 3.92. The summed E-state index contributed by atoms with van der Waals surface area (Å²) in [5.41, 5.74) is 0.722. The van der Waals surface area contributed by atoms with E-state index in [4.69, 9.17) is 9.47 Å². The molecule has 1 aromatic rings. The van der Waals surface area contributed by atoms with E-state index in [2.05, 4.69) is 10.0 Å². The summed E-state index contributed by atoms with van der Waals surface area (Å²) in [6, 6.07) is 3.75. The van der Waals surface area contributed by atoms with E-state index in [9.17, 15) is 13.2 Å². The molecule has 2 atom stereocenters. The third kappa shape index (κ3) is 5.42. The van der Waals surface area contributed by atoms with Crippen molar-refractivity contribution in [2.24, 2.45) is 0 Å². The van der Waals surface area contributed by atoms with Crippen molar-refractivity contribution in [3.05, 3.63) is 23.8 Å². The summed E-state index contributed by atoms with van der Waals surface area (Å²) in [6.07, 6.45) is 1.91. The Morgan fingerprint density at radius 1 is 1.44 bits per heavy atom. The molecule has 0 aliphatic carbocycles. The highest BCUT2D eigenvalue weighted by Crippen LogP contribution is 2.22. The molecule has 1 aromatic carbocycles. The first-order valence-electron chi connectivity index (χ1n) is 8.48. The van der Waals surface area contributed by atoms with E-state index in [1.807, 2.05) is 6.92 Å². The number of nitrogens with one attached hydrogen (secondary N) is 2. The highest BCUT2D eigenvalue weighted by Gasteiger charge is 2.24. The van der Waals surface area contributed by atoms with Gasteiger partial charge in [-0.05, 0) is 57.4 Å². The van der Waals surface area contributed by atoms with Gasteiger partial charge in [-0.15, -0.1) is 0 Å². The van der Waals surface area contributed by atoms with Gasteiger partial charge in [0.05, 0.1) is 23.6 Å². The van der Waals surface area contributed by atoms with Crippen LogP contribution >= 0.6 is 0 Å². The van der Waals surface area contributed by atoms with Crippen LogP contribution in [0.25, 0.3) is 0 Å². The van der Waals surface area contributed by atoms with Gasteiger partial charge in [0, 0.05) is 13.2 Å². The zero-order chi connectivity index (χ0) is 18.4. The Hall–Kier alpha value is -1.64. The van der Waals surface area contributed by atoms with E-state index in [1.54, 1.807) is 13.0 Å². The molecule has 0 aromatic heterocycles. The molecule has 0 bridgehead atoms. The van der Waals surface area contributed by atoms with Gasteiger partial charge < -0.3 is 14.8 Å². The van der Waals surface area contributed by atoms with Crippen LogP contribution in [-0.4, -0.2) is 46.2 Å². The van der Waals surface area contributed by atoms with Crippen molar-refractivity contribution in [1.29, 1.82) is 0 Å². The van der Waals surface area contributed by atoms with E-state index in [1.165, 1.54) is 19.1 Å². The Balaban J connectivity index is 1.96. The van der Waals surface area contributed by atoms with Crippen LogP contribution in [0, 0.1) is 6.92 Å². The lowest BCUT2D eigenvalue weighted by molar-refractivity contribution is -0.122. The van der Waals surface area contributed by atoms with Gasteiger partial charge >= 0.3 is 0 Å². The van der Waals surface area contributed by atoms with Crippen molar-refractivity contribution in [3.63, 3.8) is 0 Å². The third-order valence-corrected chi connectivity index (χ3v) is 5.55. The van der Waals surface area contributed by atoms with E-state index < -0.39 is 16.1 Å². The maximum absolute atomic E-state index is 12.5. The van der Waals surface area contributed by atoms with E-state index in [0.29, 0.717) is 25.5 Å². The molecule has 140 valence electrons. The van der Waals surface area contributed by atoms with Gasteiger partial charge in [0.15, 0.2) is 0 Å². The fourth-order valence-electron chi connectivity index (χ4n) is 2.63. The Kier molecular flexibility index (Phi) is 6.80. The monoisotopic (exact) mass is 370 g/mol. The van der Waals surface area contributed by atoms with Gasteiger partial charge in [0.2, 0.25) is 15.9 Å². The molecule has 1 saturated heterocycles. The minimum absolute atomic E-state index is 0.0153. The molecule has 1 heterocycles. The lowest BCUT2D eigenvalue weighted by atomic mass is 10.2. The van der Waals surface area contributed by atoms with Crippen LogP contribution in [0.3, 0.4) is 0 Å². The lowest BCUT2D eigenvalue weighted by Crippen LogP contribution is -2.46. The number of carbonyl (C=O) groups is 1. The summed E-state index contributed by atoms with van der Waals surface area (Å²) in [7, 11) is -3.79. The van der Waals surface area contributed by atoms with Gasteiger partial charge in [-0.25, -0.2) is 8.42 Å². The molecule has 0 saturated carbocycles. The zero-order valence-corrected chi connectivity index (χ0v) is 15.7. The van der Waals surface area contributed by atoms with E-state index in [0.717, 1.165) is 18.4 Å². The van der Waals surface area contributed by atoms with Crippen molar-refractivity contribution in [2.45, 2.75) is 50.7 Å². The standard InChI is InChI=1S/C17H26N2O5S/c1-4-23-16-8-7-15(10-12(16)2)25(21,22)19-13(3)17(20)18-11-14-6-5-9-24-14/h7-8,10,13-14,19H,4-6,9,11H2,1-3H3,(H,18,20)/t13-,14-/m0/s1. The smallest absolute Gasteiger partial charge is 0.241 e. The van der Waals surface area contributed by atoms with Crippen LogP contribution < -0.4 is 14.8 Å². The van der Waals surface area contributed by atoms with Crippen molar-refractivity contribution in [1.82, 2.24) is 10.0 Å². The second kappa shape index (κ2) is 8.64. The van der Waals surface area contributed by atoms with Crippen LogP contribution in [0.1, 0.15) is 32.3 Å². The summed E-state index contributed by atoms with van der Waals surface area (Å²) in [6.45, 7) is 6.77. The number of hydrogen-bond acceptors (Lipinski definition) is 5. The van der Waals surface area contributed by atoms with Crippen LogP contribution in [0.15, 0.2) is 23.1 Å². The van der Waals surface area contributed by atoms with Crippen molar-refractivity contribution < 1.29 is 22.7 Å². The first-order chi connectivity index (χ1) is 11.8. The summed E-state index contributed by atoms with van der Waals surface area (Å²) in [5.74, 6) is 0.269. The largest absolute Gasteiger partial charge is 0.494 e. The topological polar surface area (TPSA) is 93.7 Å². The molecular formula is C17H26N2O5S. The predicted octanol–water partition coefficient (Wildman–Crippen LogP) is 1.36. The van der Waals surface area contributed by atoms with Crippen molar-refractivity contribution in [3.8, 4) is 5.75 Å². The van der Waals surface area contributed by atoms with Gasteiger partial charge in [-0.2, -0.15) is 4.72 Å². The summed E-state index contributed by atoms with van der Waals surface area (Å²) >= 11 is 0. The molecule has 8 heteroatoms. The normalized spacial score (nSPS) is 18.8.